The van der Waals surface area contributed by atoms with Gasteiger partial charge in [-0.25, -0.2) is 32.9 Å². The number of rotatable bonds is 7. The Morgan fingerprint density at radius 3 is 2.57 bits per heavy atom. The minimum atomic E-state index is -3.98. The molecule has 2 aliphatic rings. The van der Waals surface area contributed by atoms with Crippen LogP contribution in [0.25, 0.3) is 21.8 Å². The van der Waals surface area contributed by atoms with E-state index in [4.69, 9.17) is 15.1 Å². The minimum Gasteiger partial charge on any atom is -0.351 e. The lowest BCUT2D eigenvalue weighted by Crippen LogP contribution is -2.63. The van der Waals surface area contributed by atoms with E-state index < -0.39 is 21.1 Å². The number of primary sulfonamides is 1. The van der Waals surface area contributed by atoms with Crippen molar-refractivity contribution in [2.24, 2.45) is 10.6 Å². The van der Waals surface area contributed by atoms with Crippen molar-refractivity contribution in [3.63, 3.8) is 0 Å². The first-order valence-corrected chi connectivity index (χ1v) is 15.0. The Kier molecular flexibility index (Phi) is 6.62. The van der Waals surface area contributed by atoms with Gasteiger partial charge in [0.2, 0.25) is 16.0 Å². The molecule has 1 saturated heterocycles. The van der Waals surface area contributed by atoms with E-state index >= 15 is 4.39 Å². The van der Waals surface area contributed by atoms with Gasteiger partial charge in [-0.05, 0) is 36.8 Å². The molecule has 3 aromatic rings. The highest BCUT2D eigenvalue weighted by molar-refractivity contribution is 7.89. The topological polar surface area (TPSA) is 123 Å². The number of hydrogen-bond acceptors (Lipinski definition) is 8. The molecule has 1 saturated carbocycles. The summed E-state index contributed by atoms with van der Waals surface area (Å²) in [5.74, 6) is -0.0903. The molecule has 1 atom stereocenters. The molecule has 1 spiro atoms. The third kappa shape index (κ3) is 5.01. The van der Waals surface area contributed by atoms with E-state index in [2.05, 4.69) is 36.4 Å². The number of anilines is 1. The second kappa shape index (κ2) is 9.37. The molecule has 0 bridgehead atoms. The summed E-state index contributed by atoms with van der Waals surface area (Å²) < 4.78 is 40.3. The highest BCUT2D eigenvalue weighted by atomic mass is 32.2. The largest absolute Gasteiger partial charge is 0.351 e. The number of benzene rings is 1. The Labute approximate surface area is 221 Å². The number of halogens is 1. The van der Waals surface area contributed by atoms with Gasteiger partial charge < -0.3 is 10.6 Å². The third-order valence-corrected chi connectivity index (χ3v) is 10.1. The molecule has 1 aromatic carbocycles. The van der Waals surface area contributed by atoms with Gasteiger partial charge in [-0.1, -0.05) is 39.8 Å². The molecule has 2 fully saturated rings. The smallest absolute Gasteiger partial charge is 0.223 e. The van der Waals surface area contributed by atoms with Crippen molar-refractivity contribution in [1.29, 1.82) is 0 Å². The predicted octanol–water partition coefficient (Wildman–Crippen LogP) is 4.61. The SMILES string of the molecule is CCC(c1cccc(-c2nc(C(C)(C)C)sc2-c2ccnc(NC3CC4(CNC4)C3)n2)c1F)S(N)(=O)=O. The van der Waals surface area contributed by atoms with E-state index in [-0.39, 0.29) is 23.0 Å². The lowest BCUT2D eigenvalue weighted by atomic mass is 9.62. The highest BCUT2D eigenvalue weighted by Gasteiger charge is 2.48. The van der Waals surface area contributed by atoms with Gasteiger partial charge in [0.25, 0.3) is 0 Å². The monoisotopic (exact) mass is 544 g/mol. The van der Waals surface area contributed by atoms with Crippen molar-refractivity contribution in [3.05, 3.63) is 46.9 Å². The average Bonchev–Trinajstić information content (AvgIpc) is 3.21. The minimum absolute atomic E-state index is 0.0493. The second-order valence-electron chi connectivity index (χ2n) is 11.3. The molecule has 11 heteroatoms. The van der Waals surface area contributed by atoms with Crippen molar-refractivity contribution in [1.82, 2.24) is 20.3 Å². The number of aromatic nitrogens is 3. The summed E-state index contributed by atoms with van der Waals surface area (Å²) in [6.07, 6.45) is 4.05. The van der Waals surface area contributed by atoms with Gasteiger partial charge in [-0.2, -0.15) is 0 Å². The molecule has 37 heavy (non-hydrogen) atoms. The molecule has 198 valence electrons. The van der Waals surface area contributed by atoms with Crippen LogP contribution >= 0.6 is 11.3 Å². The van der Waals surface area contributed by atoms with Gasteiger partial charge in [0.15, 0.2) is 0 Å². The van der Waals surface area contributed by atoms with Gasteiger partial charge in [0.1, 0.15) is 11.1 Å². The first-order chi connectivity index (χ1) is 17.4. The normalized spacial score (nSPS) is 18.3. The van der Waals surface area contributed by atoms with Crippen LogP contribution in [0.3, 0.4) is 0 Å². The maximum absolute atomic E-state index is 15.9. The fourth-order valence-corrected chi connectivity index (χ4v) is 7.31. The molecule has 1 aliphatic carbocycles. The summed E-state index contributed by atoms with van der Waals surface area (Å²) in [4.78, 5) is 14.8. The molecule has 3 heterocycles. The summed E-state index contributed by atoms with van der Waals surface area (Å²) in [7, 11) is -3.98. The maximum Gasteiger partial charge on any atom is 0.223 e. The summed E-state index contributed by atoms with van der Waals surface area (Å²) in [5.41, 5.74) is 1.51. The van der Waals surface area contributed by atoms with Crippen LogP contribution in [0.15, 0.2) is 30.5 Å². The quantitative estimate of drug-likeness (QED) is 0.397. The standard InChI is InChI=1S/C26H33FN6O2S2/c1-5-19(37(28,34)35)16-7-6-8-17(20(16)27)21-22(36-23(33-21)25(2,3)4)18-9-10-30-24(32-18)31-15-11-26(12-15)13-29-14-26/h6-10,15,19,29H,5,11-14H2,1-4H3,(H2,28,34,35)(H,30,31,32). The van der Waals surface area contributed by atoms with Gasteiger partial charge in [0.05, 0.1) is 21.3 Å². The summed E-state index contributed by atoms with van der Waals surface area (Å²) >= 11 is 1.46. The lowest BCUT2D eigenvalue weighted by molar-refractivity contribution is 0.0468. The lowest BCUT2D eigenvalue weighted by Gasteiger charge is -2.54. The molecule has 0 radical (unpaired) electrons. The summed E-state index contributed by atoms with van der Waals surface area (Å²) in [6.45, 7) is 9.97. The third-order valence-electron chi connectivity index (χ3n) is 7.25. The zero-order chi connectivity index (χ0) is 26.6. The molecule has 1 aliphatic heterocycles. The molecule has 0 amide bonds. The van der Waals surface area contributed by atoms with E-state index in [1.807, 2.05) is 0 Å². The van der Waals surface area contributed by atoms with Crippen molar-refractivity contribution < 1.29 is 12.8 Å². The number of hydrogen-bond donors (Lipinski definition) is 3. The van der Waals surface area contributed by atoms with E-state index in [9.17, 15) is 8.42 Å². The van der Waals surface area contributed by atoms with Crippen LogP contribution in [0.1, 0.15) is 62.8 Å². The van der Waals surface area contributed by atoms with Crippen molar-refractivity contribution in [2.75, 3.05) is 18.4 Å². The Hall–Kier alpha value is -2.47. The Balaban J connectivity index is 1.55. The van der Waals surface area contributed by atoms with Gasteiger partial charge >= 0.3 is 0 Å². The van der Waals surface area contributed by atoms with Gasteiger partial charge in [-0.3, -0.25) is 0 Å². The van der Waals surface area contributed by atoms with E-state index in [0.717, 1.165) is 30.9 Å². The number of nitrogens with two attached hydrogens (primary N) is 1. The van der Waals surface area contributed by atoms with Crippen LogP contribution in [0.4, 0.5) is 10.3 Å². The van der Waals surface area contributed by atoms with Crippen molar-refractivity contribution >= 4 is 27.3 Å². The molecule has 1 unspecified atom stereocenters. The van der Waals surface area contributed by atoms with Crippen LogP contribution in [0.5, 0.6) is 0 Å². The number of nitrogens with one attached hydrogen (secondary N) is 2. The summed E-state index contributed by atoms with van der Waals surface area (Å²) in [6, 6.07) is 6.88. The highest BCUT2D eigenvalue weighted by Crippen LogP contribution is 2.46. The first kappa shape index (κ1) is 26.1. The molecular weight excluding hydrogens is 511 g/mol. The van der Waals surface area contributed by atoms with E-state index in [0.29, 0.717) is 33.7 Å². The maximum atomic E-state index is 15.9. The van der Waals surface area contributed by atoms with Crippen LogP contribution < -0.4 is 15.8 Å². The predicted molar refractivity (Wildman–Crippen MR) is 145 cm³/mol. The zero-order valence-electron chi connectivity index (χ0n) is 21.5. The fourth-order valence-electron chi connectivity index (χ4n) is 5.20. The van der Waals surface area contributed by atoms with Crippen molar-refractivity contribution in [2.45, 2.75) is 63.7 Å². The average molecular weight is 545 g/mol. The molecule has 2 aromatic heterocycles. The Morgan fingerprint density at radius 1 is 1.24 bits per heavy atom. The second-order valence-corrected chi connectivity index (χ2v) is 14.0. The number of thiazole rings is 1. The Bertz CT molecular complexity index is 1420. The molecule has 5 rings (SSSR count). The van der Waals surface area contributed by atoms with Crippen LogP contribution in [-0.4, -0.2) is 42.5 Å². The van der Waals surface area contributed by atoms with Crippen molar-refractivity contribution in [3.8, 4) is 21.8 Å². The molecule has 8 nitrogen and oxygen atoms in total. The van der Waals surface area contributed by atoms with Crippen LogP contribution in [0, 0.1) is 11.2 Å². The first-order valence-electron chi connectivity index (χ1n) is 12.5. The summed E-state index contributed by atoms with van der Waals surface area (Å²) in [5, 5.41) is 11.9. The Morgan fingerprint density at radius 2 is 1.97 bits per heavy atom. The fraction of sp³-hybridized carbons (Fsp3) is 0.500. The molecule has 4 N–H and O–H groups in total. The molecular formula is C26H33FN6O2S2. The van der Waals surface area contributed by atoms with Crippen LogP contribution in [-0.2, 0) is 15.4 Å². The number of nitrogens with zero attached hydrogens (tertiary/aromatic N) is 3. The van der Waals surface area contributed by atoms with Gasteiger partial charge in [0, 0.05) is 41.9 Å². The van der Waals surface area contributed by atoms with E-state index in [1.54, 1.807) is 31.3 Å². The number of sulfonamides is 1. The van der Waals surface area contributed by atoms with Gasteiger partial charge in [-0.15, -0.1) is 11.3 Å². The van der Waals surface area contributed by atoms with Crippen LogP contribution in [0.2, 0.25) is 0 Å². The zero-order valence-corrected chi connectivity index (χ0v) is 23.1. The van der Waals surface area contributed by atoms with E-state index in [1.165, 1.54) is 17.4 Å².